The van der Waals surface area contributed by atoms with Crippen LogP contribution in [0.25, 0.3) is 11.3 Å². The number of hydrogen-bond donors (Lipinski definition) is 3. The third kappa shape index (κ3) is 7.55. The van der Waals surface area contributed by atoms with E-state index in [1.165, 1.54) is 6.26 Å². The molecule has 2 fully saturated rings. The molecule has 0 spiro atoms. The summed E-state index contributed by atoms with van der Waals surface area (Å²) in [6.45, 7) is 6.77. The molecular formula is C30H40N8O3S. The molecule has 0 unspecified atom stereocenters. The maximum absolute atomic E-state index is 12.4. The number of carbonyl (C=O) groups is 1. The van der Waals surface area contributed by atoms with Gasteiger partial charge in [-0.3, -0.25) is 9.69 Å². The summed E-state index contributed by atoms with van der Waals surface area (Å²) in [6, 6.07) is 18.0. The Morgan fingerprint density at radius 2 is 1.60 bits per heavy atom. The normalized spacial score (nSPS) is 17.2. The molecule has 1 aromatic heterocycles. The number of hydrogen-bond acceptors (Lipinski definition) is 10. The number of carbonyl (C=O) groups excluding carboxylic acids is 1. The van der Waals surface area contributed by atoms with E-state index in [1.807, 2.05) is 42.5 Å². The number of nitrogens with zero attached hydrogens (tertiary/aromatic N) is 5. The number of piperazine rings is 1. The molecule has 0 bridgehead atoms. The Morgan fingerprint density at radius 3 is 2.21 bits per heavy atom. The maximum atomic E-state index is 12.4. The summed E-state index contributed by atoms with van der Waals surface area (Å²) in [6.07, 6.45) is 3.50. The third-order valence-corrected chi connectivity index (χ3v) is 8.90. The summed E-state index contributed by atoms with van der Waals surface area (Å²) < 4.78 is 23.4. The number of amides is 1. The van der Waals surface area contributed by atoms with Crippen LogP contribution in [-0.4, -0.2) is 105 Å². The SMILES string of the molecule is CN1CCN(C2CCN(c3ccc(Nc4nc(NCCS(C)(=O)=O)c(-c5ccccc5)nc4C(N)=O)cc3)CC2)CC1. The molecule has 224 valence electrons. The number of likely N-dealkylation sites (N-methyl/N-ethyl adjacent to an activating group) is 1. The van der Waals surface area contributed by atoms with E-state index in [4.69, 9.17) is 5.73 Å². The van der Waals surface area contributed by atoms with Gasteiger partial charge in [0.2, 0.25) is 0 Å². The van der Waals surface area contributed by atoms with Gasteiger partial charge in [-0.05, 0) is 44.2 Å². The fourth-order valence-corrected chi connectivity index (χ4v) is 6.01. The minimum Gasteiger partial charge on any atom is -0.371 e. The molecule has 2 saturated heterocycles. The molecule has 3 heterocycles. The first kappa shape index (κ1) is 29.7. The van der Waals surface area contributed by atoms with Crippen LogP contribution in [0, 0.1) is 0 Å². The van der Waals surface area contributed by atoms with Crippen LogP contribution < -0.4 is 21.3 Å². The van der Waals surface area contributed by atoms with Crippen molar-refractivity contribution in [3.05, 3.63) is 60.3 Å². The quantitative estimate of drug-likeness (QED) is 0.322. The number of anilines is 4. The van der Waals surface area contributed by atoms with E-state index in [2.05, 4.69) is 54.5 Å². The van der Waals surface area contributed by atoms with Crippen LogP contribution in [0.3, 0.4) is 0 Å². The van der Waals surface area contributed by atoms with Crippen LogP contribution in [0.5, 0.6) is 0 Å². The first-order chi connectivity index (χ1) is 20.2. The number of benzene rings is 2. The molecule has 2 aliphatic heterocycles. The van der Waals surface area contributed by atoms with Crippen molar-refractivity contribution in [3.8, 4) is 11.3 Å². The fraction of sp³-hybridized carbons (Fsp3) is 0.433. The third-order valence-electron chi connectivity index (χ3n) is 7.96. The van der Waals surface area contributed by atoms with Gasteiger partial charge < -0.3 is 26.2 Å². The van der Waals surface area contributed by atoms with E-state index >= 15 is 0 Å². The Balaban J connectivity index is 1.31. The monoisotopic (exact) mass is 592 g/mol. The molecule has 3 aromatic rings. The topological polar surface area (TPSA) is 137 Å². The lowest BCUT2D eigenvalue weighted by atomic mass is 10.0. The highest BCUT2D eigenvalue weighted by Gasteiger charge is 2.27. The zero-order chi connectivity index (χ0) is 29.7. The summed E-state index contributed by atoms with van der Waals surface area (Å²) in [7, 11) is -0.993. The predicted octanol–water partition coefficient (Wildman–Crippen LogP) is 2.66. The molecule has 4 N–H and O–H groups in total. The molecule has 5 rings (SSSR count). The van der Waals surface area contributed by atoms with Crippen molar-refractivity contribution >= 4 is 38.8 Å². The lowest BCUT2D eigenvalue weighted by molar-refractivity contribution is 0.0982. The van der Waals surface area contributed by atoms with Crippen molar-refractivity contribution in [1.29, 1.82) is 0 Å². The van der Waals surface area contributed by atoms with Crippen molar-refractivity contribution in [1.82, 2.24) is 19.8 Å². The van der Waals surface area contributed by atoms with Crippen LogP contribution in [0.1, 0.15) is 23.3 Å². The van der Waals surface area contributed by atoms with Gasteiger partial charge in [0.05, 0.1) is 5.75 Å². The zero-order valence-corrected chi connectivity index (χ0v) is 25.1. The summed E-state index contributed by atoms with van der Waals surface area (Å²) in [5, 5.41) is 6.29. The average molecular weight is 593 g/mol. The summed E-state index contributed by atoms with van der Waals surface area (Å²) in [5.74, 6) is -0.233. The number of rotatable bonds is 10. The van der Waals surface area contributed by atoms with E-state index in [0.717, 1.165) is 69.0 Å². The van der Waals surface area contributed by atoms with Crippen molar-refractivity contribution < 1.29 is 13.2 Å². The Bertz CT molecular complexity index is 1470. The van der Waals surface area contributed by atoms with Gasteiger partial charge in [0.15, 0.2) is 17.3 Å². The van der Waals surface area contributed by atoms with Gasteiger partial charge in [-0.15, -0.1) is 0 Å². The molecule has 2 aromatic carbocycles. The Hall–Kier alpha value is -3.74. The molecular weight excluding hydrogens is 552 g/mol. The second-order valence-corrected chi connectivity index (χ2v) is 13.4. The Morgan fingerprint density at radius 1 is 0.929 bits per heavy atom. The van der Waals surface area contributed by atoms with Gasteiger partial charge in [0.25, 0.3) is 5.91 Å². The van der Waals surface area contributed by atoms with Gasteiger partial charge in [0.1, 0.15) is 15.5 Å². The standard InChI is InChI=1S/C30H40N8O3S/c1-36-17-19-38(20-18-36)25-12-15-37(16-13-25)24-10-8-23(9-11-24)33-30-27(28(31)39)34-26(22-6-4-3-5-7-22)29(35-30)32-14-21-42(2,40)41/h3-11,25H,12-21H2,1-2H3,(H2,31,39)(H2,32,33,35). The van der Waals surface area contributed by atoms with E-state index in [1.54, 1.807) is 0 Å². The van der Waals surface area contributed by atoms with Crippen LogP contribution in [-0.2, 0) is 9.84 Å². The van der Waals surface area contributed by atoms with Crippen LogP contribution >= 0.6 is 0 Å². The fourth-order valence-electron chi connectivity index (χ4n) is 5.54. The van der Waals surface area contributed by atoms with Gasteiger partial charge in [-0.25, -0.2) is 18.4 Å². The largest absolute Gasteiger partial charge is 0.371 e. The molecule has 12 heteroatoms. The van der Waals surface area contributed by atoms with Crippen LogP contribution in [0.15, 0.2) is 54.6 Å². The van der Waals surface area contributed by atoms with Crippen molar-refractivity contribution in [2.24, 2.45) is 5.73 Å². The Kier molecular flexibility index (Phi) is 9.24. The molecule has 0 atom stereocenters. The Labute approximate surface area is 248 Å². The second-order valence-electron chi connectivity index (χ2n) is 11.1. The van der Waals surface area contributed by atoms with Gasteiger partial charge in [0, 0.05) is 75.0 Å². The first-order valence-corrected chi connectivity index (χ1v) is 16.5. The number of nitrogens with one attached hydrogen (secondary N) is 2. The van der Waals surface area contributed by atoms with E-state index < -0.39 is 15.7 Å². The highest BCUT2D eigenvalue weighted by atomic mass is 32.2. The molecule has 0 saturated carbocycles. The number of primary amides is 1. The van der Waals surface area contributed by atoms with Gasteiger partial charge in [-0.1, -0.05) is 30.3 Å². The molecule has 1 amide bonds. The zero-order valence-electron chi connectivity index (χ0n) is 24.3. The van der Waals surface area contributed by atoms with E-state index in [0.29, 0.717) is 17.6 Å². The van der Waals surface area contributed by atoms with Crippen LogP contribution in [0.2, 0.25) is 0 Å². The number of piperidine rings is 1. The van der Waals surface area contributed by atoms with Gasteiger partial charge in [-0.2, -0.15) is 0 Å². The molecule has 2 aliphatic rings. The molecule has 42 heavy (non-hydrogen) atoms. The minimum absolute atomic E-state index is 0.00225. The number of sulfone groups is 1. The minimum atomic E-state index is -3.19. The second kappa shape index (κ2) is 13.1. The maximum Gasteiger partial charge on any atom is 0.271 e. The van der Waals surface area contributed by atoms with Gasteiger partial charge >= 0.3 is 0 Å². The average Bonchev–Trinajstić information content (AvgIpc) is 2.98. The number of aromatic nitrogens is 2. The lowest BCUT2D eigenvalue weighted by Crippen LogP contribution is -2.52. The summed E-state index contributed by atoms with van der Waals surface area (Å²) >= 11 is 0. The van der Waals surface area contributed by atoms with Crippen LogP contribution in [0.4, 0.5) is 23.0 Å². The smallest absolute Gasteiger partial charge is 0.271 e. The first-order valence-electron chi connectivity index (χ1n) is 14.4. The van der Waals surface area contributed by atoms with Crippen molar-refractivity contribution in [2.75, 3.05) is 80.4 Å². The lowest BCUT2D eigenvalue weighted by Gasteiger charge is -2.42. The van der Waals surface area contributed by atoms with E-state index in [-0.39, 0.29) is 23.8 Å². The predicted molar refractivity (Wildman–Crippen MR) is 168 cm³/mol. The van der Waals surface area contributed by atoms with Crippen molar-refractivity contribution in [3.63, 3.8) is 0 Å². The van der Waals surface area contributed by atoms with Crippen molar-refractivity contribution in [2.45, 2.75) is 18.9 Å². The molecule has 0 radical (unpaired) electrons. The van der Waals surface area contributed by atoms with E-state index in [9.17, 15) is 13.2 Å². The summed E-state index contributed by atoms with van der Waals surface area (Å²) in [5.41, 5.74) is 8.75. The summed E-state index contributed by atoms with van der Waals surface area (Å²) in [4.78, 5) is 29.1. The number of nitrogens with two attached hydrogens (primary N) is 1. The highest BCUT2D eigenvalue weighted by molar-refractivity contribution is 7.90. The molecule has 0 aliphatic carbocycles. The highest BCUT2D eigenvalue weighted by Crippen LogP contribution is 2.30. The molecule has 11 nitrogen and oxygen atoms in total.